The molecule has 1 N–H and O–H groups in total. The lowest BCUT2D eigenvalue weighted by Gasteiger charge is -2.32. The van der Waals surface area contributed by atoms with Crippen molar-refractivity contribution in [2.75, 3.05) is 46.4 Å². The third-order valence-electron chi connectivity index (χ3n) is 6.28. The Hall–Kier alpha value is -3.29. The van der Waals surface area contributed by atoms with Gasteiger partial charge in [-0.3, -0.25) is 9.69 Å². The first kappa shape index (κ1) is 24.8. The zero-order chi connectivity index (χ0) is 24.6. The summed E-state index contributed by atoms with van der Waals surface area (Å²) in [5, 5.41) is 2.95. The minimum Gasteiger partial charge on any atom is -0.476 e. The number of likely N-dealkylation sites (N-methyl/N-ethyl adjacent to an activating group) is 1. The van der Waals surface area contributed by atoms with Gasteiger partial charge in [0, 0.05) is 57.1 Å². The van der Waals surface area contributed by atoms with Crippen LogP contribution in [0.2, 0.25) is 0 Å². The zero-order valence-corrected chi connectivity index (χ0v) is 20.5. The number of hydrogen-bond acceptors (Lipinski definition) is 5. The van der Waals surface area contributed by atoms with Crippen LogP contribution in [0.1, 0.15) is 16.7 Å². The number of nitrogens with zero attached hydrogens (tertiary/aromatic N) is 3. The largest absolute Gasteiger partial charge is 0.476 e. The number of carbonyl (C=O) groups is 1. The summed E-state index contributed by atoms with van der Waals surface area (Å²) in [5.41, 5.74) is 4.23. The second-order valence-corrected chi connectivity index (χ2v) is 9.14. The molecule has 1 aromatic heterocycles. The molecule has 184 valence electrons. The Morgan fingerprint density at radius 2 is 1.83 bits per heavy atom. The van der Waals surface area contributed by atoms with Gasteiger partial charge in [-0.2, -0.15) is 0 Å². The maximum Gasteiger partial charge on any atom is 0.224 e. The van der Waals surface area contributed by atoms with Gasteiger partial charge in [0.1, 0.15) is 12.4 Å². The number of aryl methyl sites for hydroxylation is 1. The first-order valence-corrected chi connectivity index (χ1v) is 12.1. The molecule has 0 bridgehead atoms. The number of carbonyl (C=O) groups excluding carboxylic acids is 1. The van der Waals surface area contributed by atoms with E-state index in [0.29, 0.717) is 30.2 Å². The summed E-state index contributed by atoms with van der Waals surface area (Å²) >= 11 is 0. The number of piperazine rings is 1. The molecule has 0 saturated carbocycles. The molecule has 1 aliphatic heterocycles. The number of aromatic nitrogens is 1. The molecule has 0 aliphatic carbocycles. The lowest BCUT2D eigenvalue weighted by molar-refractivity contribution is -0.120. The van der Waals surface area contributed by atoms with Crippen LogP contribution in [0.25, 0.3) is 11.1 Å². The van der Waals surface area contributed by atoms with Gasteiger partial charge in [-0.05, 0) is 30.7 Å². The molecule has 1 aliphatic rings. The van der Waals surface area contributed by atoms with Gasteiger partial charge in [-0.1, -0.05) is 54.1 Å². The molecule has 0 spiro atoms. The number of rotatable bonds is 9. The maximum absolute atomic E-state index is 14.8. The molecule has 1 fully saturated rings. The Kier molecular flexibility index (Phi) is 8.45. The summed E-state index contributed by atoms with van der Waals surface area (Å²) in [4.78, 5) is 21.3. The van der Waals surface area contributed by atoms with E-state index in [1.807, 2.05) is 49.4 Å². The van der Waals surface area contributed by atoms with E-state index in [2.05, 4.69) is 33.2 Å². The number of benzene rings is 2. The van der Waals surface area contributed by atoms with E-state index in [1.54, 1.807) is 0 Å². The number of amides is 1. The molecule has 1 amide bonds. The lowest BCUT2D eigenvalue weighted by Crippen LogP contribution is -2.45. The second-order valence-electron chi connectivity index (χ2n) is 9.14. The third kappa shape index (κ3) is 7.34. The van der Waals surface area contributed by atoms with Crippen LogP contribution < -0.4 is 10.1 Å². The Bertz CT molecular complexity index is 1130. The summed E-state index contributed by atoms with van der Waals surface area (Å²) in [6.45, 7) is 7.96. The van der Waals surface area contributed by atoms with Crippen LogP contribution in [-0.2, 0) is 17.8 Å². The quantitative estimate of drug-likeness (QED) is 0.511. The summed E-state index contributed by atoms with van der Waals surface area (Å²) in [7, 11) is 2.13. The van der Waals surface area contributed by atoms with Crippen LogP contribution in [0, 0.1) is 12.7 Å². The highest BCUT2D eigenvalue weighted by Gasteiger charge is 2.14. The first-order valence-electron chi connectivity index (χ1n) is 12.1. The van der Waals surface area contributed by atoms with Crippen LogP contribution in [0.4, 0.5) is 4.39 Å². The third-order valence-corrected chi connectivity index (χ3v) is 6.28. The van der Waals surface area contributed by atoms with Crippen molar-refractivity contribution in [1.82, 2.24) is 20.1 Å². The van der Waals surface area contributed by atoms with Crippen LogP contribution in [0.5, 0.6) is 5.88 Å². The second kappa shape index (κ2) is 11.9. The summed E-state index contributed by atoms with van der Waals surface area (Å²) in [5.74, 6) is -0.134. The zero-order valence-electron chi connectivity index (χ0n) is 20.5. The molecule has 4 rings (SSSR count). The van der Waals surface area contributed by atoms with Gasteiger partial charge in [0.2, 0.25) is 11.8 Å². The molecule has 3 aromatic rings. The van der Waals surface area contributed by atoms with Crippen molar-refractivity contribution in [2.45, 2.75) is 19.9 Å². The van der Waals surface area contributed by atoms with E-state index in [9.17, 15) is 9.18 Å². The highest BCUT2D eigenvalue weighted by molar-refractivity contribution is 5.78. The molecule has 2 heterocycles. The predicted molar refractivity (Wildman–Crippen MR) is 136 cm³/mol. The minimum absolute atomic E-state index is 0.0508. The highest BCUT2D eigenvalue weighted by Crippen LogP contribution is 2.25. The van der Waals surface area contributed by atoms with Crippen molar-refractivity contribution in [1.29, 1.82) is 0 Å². The topological polar surface area (TPSA) is 57.7 Å². The van der Waals surface area contributed by atoms with E-state index in [1.165, 1.54) is 17.8 Å². The fourth-order valence-electron chi connectivity index (χ4n) is 4.13. The van der Waals surface area contributed by atoms with E-state index >= 15 is 0 Å². The van der Waals surface area contributed by atoms with E-state index in [-0.39, 0.29) is 18.1 Å². The van der Waals surface area contributed by atoms with Crippen molar-refractivity contribution < 1.29 is 13.9 Å². The monoisotopic (exact) mass is 476 g/mol. The van der Waals surface area contributed by atoms with Gasteiger partial charge in [-0.25, -0.2) is 9.37 Å². The van der Waals surface area contributed by atoms with Crippen molar-refractivity contribution >= 4 is 5.91 Å². The molecule has 7 heteroatoms. The average molecular weight is 477 g/mol. The fourth-order valence-corrected chi connectivity index (χ4v) is 4.13. The number of pyridine rings is 1. The average Bonchev–Trinajstić information content (AvgIpc) is 2.85. The molecule has 1 saturated heterocycles. The van der Waals surface area contributed by atoms with Gasteiger partial charge in [0.05, 0.1) is 6.42 Å². The van der Waals surface area contributed by atoms with Crippen molar-refractivity contribution in [3.8, 4) is 17.0 Å². The van der Waals surface area contributed by atoms with Gasteiger partial charge >= 0.3 is 0 Å². The number of nitrogens with one attached hydrogen (secondary N) is 1. The highest BCUT2D eigenvalue weighted by atomic mass is 19.1. The van der Waals surface area contributed by atoms with E-state index in [0.717, 1.165) is 43.9 Å². The summed E-state index contributed by atoms with van der Waals surface area (Å²) < 4.78 is 20.4. The van der Waals surface area contributed by atoms with E-state index < -0.39 is 0 Å². The van der Waals surface area contributed by atoms with Gasteiger partial charge in [0.25, 0.3) is 0 Å². The van der Waals surface area contributed by atoms with Crippen LogP contribution in [0.3, 0.4) is 0 Å². The van der Waals surface area contributed by atoms with Gasteiger partial charge < -0.3 is 15.0 Å². The summed E-state index contributed by atoms with van der Waals surface area (Å²) in [6.07, 6.45) is 1.77. The molecule has 2 aromatic carbocycles. The molecule has 0 unspecified atom stereocenters. The Balaban J connectivity index is 1.26. The Labute approximate surface area is 206 Å². The SMILES string of the molecule is Cc1cccc(CNC(=O)Cc2ccc(-c3cnc(OCCN4CCN(C)CC4)cc3F)cc2)c1. The number of ether oxygens (including phenoxy) is 1. The van der Waals surface area contributed by atoms with Crippen molar-refractivity contribution in [3.63, 3.8) is 0 Å². The first-order chi connectivity index (χ1) is 17.0. The molecule has 6 nitrogen and oxygen atoms in total. The molecular formula is C28H33FN4O2. The lowest BCUT2D eigenvalue weighted by atomic mass is 10.0. The molecule has 0 atom stereocenters. The summed E-state index contributed by atoms with van der Waals surface area (Å²) in [6, 6.07) is 16.7. The van der Waals surface area contributed by atoms with Gasteiger partial charge in [0.15, 0.2) is 0 Å². The van der Waals surface area contributed by atoms with Crippen molar-refractivity contribution in [3.05, 3.63) is 83.3 Å². The fraction of sp³-hybridized carbons (Fsp3) is 0.357. The maximum atomic E-state index is 14.8. The number of halogens is 1. The Morgan fingerprint density at radius 1 is 1.06 bits per heavy atom. The molecule has 0 radical (unpaired) electrons. The van der Waals surface area contributed by atoms with Crippen LogP contribution in [0.15, 0.2) is 60.8 Å². The predicted octanol–water partition coefficient (Wildman–Crippen LogP) is 3.68. The number of hydrogen-bond donors (Lipinski definition) is 1. The Morgan fingerprint density at radius 3 is 2.54 bits per heavy atom. The standard InChI is InChI=1S/C28H33FN4O2/c1-21-4-3-5-23(16-21)19-30-27(34)17-22-6-8-24(9-7-22)25-20-31-28(18-26(25)29)35-15-14-33-12-10-32(2)11-13-33/h3-9,16,18,20H,10-15,17,19H2,1-2H3,(H,30,34). The minimum atomic E-state index is -0.377. The van der Waals surface area contributed by atoms with E-state index in [4.69, 9.17) is 4.74 Å². The smallest absolute Gasteiger partial charge is 0.224 e. The van der Waals surface area contributed by atoms with Crippen LogP contribution >= 0.6 is 0 Å². The van der Waals surface area contributed by atoms with Crippen LogP contribution in [-0.4, -0.2) is 67.1 Å². The van der Waals surface area contributed by atoms with Gasteiger partial charge in [-0.15, -0.1) is 0 Å². The normalized spacial score (nSPS) is 14.6. The molecule has 35 heavy (non-hydrogen) atoms. The van der Waals surface area contributed by atoms with Crippen molar-refractivity contribution in [2.24, 2.45) is 0 Å². The molecular weight excluding hydrogens is 443 g/mol.